The summed E-state index contributed by atoms with van der Waals surface area (Å²) in [5, 5.41) is 5.49. The maximum absolute atomic E-state index is 13.8. The first-order chi connectivity index (χ1) is 14.8. The van der Waals surface area contributed by atoms with Gasteiger partial charge in [-0.2, -0.15) is 13.2 Å². The number of amides is 2. The van der Waals surface area contributed by atoms with E-state index in [-0.39, 0.29) is 0 Å². The lowest BCUT2D eigenvalue weighted by Crippen LogP contribution is -2.20. The van der Waals surface area contributed by atoms with Crippen molar-refractivity contribution in [2.24, 2.45) is 0 Å². The molecule has 0 saturated carbocycles. The first-order valence-electron chi connectivity index (χ1n) is 9.22. The SMILES string of the molecule is O=C(Nc1ccc2c(ccn2Cc2ccncc2)c1)Nc1cc(C(F)(F)F)ccc1F. The van der Waals surface area contributed by atoms with E-state index in [0.29, 0.717) is 30.4 Å². The normalized spacial score (nSPS) is 11.5. The Morgan fingerprint density at radius 3 is 2.48 bits per heavy atom. The van der Waals surface area contributed by atoms with Gasteiger partial charge in [-0.1, -0.05) is 0 Å². The summed E-state index contributed by atoms with van der Waals surface area (Å²) in [5.41, 5.74) is 0.820. The van der Waals surface area contributed by atoms with Crippen LogP contribution in [0.15, 0.2) is 73.2 Å². The summed E-state index contributed by atoms with van der Waals surface area (Å²) in [6.45, 7) is 0.647. The summed E-state index contributed by atoms with van der Waals surface area (Å²) in [7, 11) is 0. The number of nitrogens with one attached hydrogen (secondary N) is 2. The highest BCUT2D eigenvalue weighted by atomic mass is 19.4. The average Bonchev–Trinajstić information content (AvgIpc) is 3.11. The molecule has 2 heterocycles. The largest absolute Gasteiger partial charge is 0.416 e. The van der Waals surface area contributed by atoms with Crippen LogP contribution in [0.2, 0.25) is 0 Å². The molecule has 0 atom stereocenters. The molecule has 0 radical (unpaired) electrons. The van der Waals surface area contributed by atoms with Crippen LogP contribution >= 0.6 is 0 Å². The van der Waals surface area contributed by atoms with Gasteiger partial charge in [-0.25, -0.2) is 9.18 Å². The second kappa shape index (κ2) is 8.10. The van der Waals surface area contributed by atoms with Gasteiger partial charge < -0.3 is 15.2 Å². The van der Waals surface area contributed by atoms with Crippen LogP contribution in [-0.2, 0) is 12.7 Å². The number of alkyl halides is 3. The summed E-state index contributed by atoms with van der Waals surface area (Å²) in [4.78, 5) is 16.2. The monoisotopic (exact) mass is 428 g/mol. The van der Waals surface area contributed by atoms with Crippen molar-refractivity contribution in [3.63, 3.8) is 0 Å². The van der Waals surface area contributed by atoms with Crippen molar-refractivity contribution in [3.8, 4) is 0 Å². The van der Waals surface area contributed by atoms with E-state index in [1.54, 1.807) is 24.5 Å². The Balaban J connectivity index is 1.48. The number of hydrogen-bond donors (Lipinski definition) is 2. The minimum absolute atomic E-state index is 0.416. The van der Waals surface area contributed by atoms with Gasteiger partial charge in [-0.3, -0.25) is 4.98 Å². The van der Waals surface area contributed by atoms with Gasteiger partial charge in [0, 0.05) is 41.7 Å². The van der Waals surface area contributed by atoms with Crippen LogP contribution in [0.1, 0.15) is 11.1 Å². The quantitative estimate of drug-likeness (QED) is 0.399. The zero-order valence-corrected chi connectivity index (χ0v) is 15.9. The summed E-state index contributed by atoms with van der Waals surface area (Å²) >= 11 is 0. The fourth-order valence-corrected chi connectivity index (χ4v) is 3.18. The van der Waals surface area contributed by atoms with Crippen molar-refractivity contribution in [3.05, 3.63) is 90.1 Å². The molecule has 0 bridgehead atoms. The molecule has 0 spiro atoms. The number of carbonyl (C=O) groups is 1. The molecule has 5 nitrogen and oxygen atoms in total. The minimum Gasteiger partial charge on any atom is -0.343 e. The summed E-state index contributed by atoms with van der Waals surface area (Å²) in [6.07, 6.45) is 0.700. The van der Waals surface area contributed by atoms with Gasteiger partial charge in [-0.05, 0) is 60.2 Å². The predicted molar refractivity (Wildman–Crippen MR) is 109 cm³/mol. The highest BCUT2D eigenvalue weighted by molar-refractivity contribution is 6.01. The number of carbonyl (C=O) groups excluding carboxylic acids is 1. The third-order valence-electron chi connectivity index (χ3n) is 4.67. The molecule has 158 valence electrons. The van der Waals surface area contributed by atoms with Gasteiger partial charge in [0.1, 0.15) is 5.82 Å². The summed E-state index contributed by atoms with van der Waals surface area (Å²) in [5.74, 6) is -0.966. The van der Waals surface area contributed by atoms with Crippen LogP contribution in [-0.4, -0.2) is 15.6 Å². The summed E-state index contributed by atoms with van der Waals surface area (Å²) < 4.78 is 54.3. The van der Waals surface area contributed by atoms with Crippen LogP contribution in [0.5, 0.6) is 0 Å². The lowest BCUT2D eigenvalue weighted by molar-refractivity contribution is -0.137. The molecular weight excluding hydrogens is 412 g/mol. The number of pyridine rings is 1. The van der Waals surface area contributed by atoms with E-state index in [1.165, 1.54) is 0 Å². The average molecular weight is 428 g/mol. The molecule has 4 rings (SSSR count). The Kier molecular flexibility index (Phi) is 5.33. The Labute approximate surface area is 174 Å². The van der Waals surface area contributed by atoms with Crippen molar-refractivity contribution >= 4 is 28.3 Å². The molecule has 0 fully saturated rings. The number of anilines is 2. The fourth-order valence-electron chi connectivity index (χ4n) is 3.18. The van der Waals surface area contributed by atoms with Crippen molar-refractivity contribution in [1.29, 1.82) is 0 Å². The van der Waals surface area contributed by atoms with Gasteiger partial charge in [0.25, 0.3) is 0 Å². The molecular formula is C22H16F4N4O. The Bertz CT molecular complexity index is 1240. The van der Waals surface area contributed by atoms with Crippen LogP contribution in [0, 0.1) is 5.82 Å². The smallest absolute Gasteiger partial charge is 0.343 e. The van der Waals surface area contributed by atoms with Crippen molar-refractivity contribution in [1.82, 2.24) is 9.55 Å². The van der Waals surface area contributed by atoms with Gasteiger partial charge in [-0.15, -0.1) is 0 Å². The van der Waals surface area contributed by atoms with E-state index in [0.717, 1.165) is 16.5 Å². The third-order valence-corrected chi connectivity index (χ3v) is 4.67. The molecule has 0 unspecified atom stereocenters. The zero-order chi connectivity index (χ0) is 22.0. The number of benzene rings is 2. The first kappa shape index (κ1) is 20.4. The van der Waals surface area contributed by atoms with Crippen molar-refractivity contribution in [2.45, 2.75) is 12.7 Å². The second-order valence-electron chi connectivity index (χ2n) is 6.84. The van der Waals surface area contributed by atoms with Gasteiger partial charge in [0.2, 0.25) is 0 Å². The number of nitrogens with zero attached hydrogens (tertiary/aromatic N) is 2. The number of urea groups is 1. The zero-order valence-electron chi connectivity index (χ0n) is 15.9. The summed E-state index contributed by atoms with van der Waals surface area (Å²) in [6, 6.07) is 11.9. The van der Waals surface area contributed by atoms with E-state index < -0.39 is 29.3 Å². The molecule has 0 aliphatic heterocycles. The molecule has 2 amide bonds. The molecule has 0 aliphatic carbocycles. The highest BCUT2D eigenvalue weighted by Crippen LogP contribution is 2.32. The number of fused-ring (bicyclic) bond motifs is 1. The number of rotatable bonds is 4. The van der Waals surface area contributed by atoms with Crippen LogP contribution in [0.25, 0.3) is 10.9 Å². The van der Waals surface area contributed by atoms with Gasteiger partial charge >= 0.3 is 12.2 Å². The van der Waals surface area contributed by atoms with Gasteiger partial charge in [0.05, 0.1) is 11.3 Å². The van der Waals surface area contributed by atoms with E-state index in [9.17, 15) is 22.4 Å². The molecule has 9 heteroatoms. The number of aromatic nitrogens is 2. The van der Waals surface area contributed by atoms with Crippen LogP contribution in [0.4, 0.5) is 33.7 Å². The lowest BCUT2D eigenvalue weighted by atomic mass is 10.2. The van der Waals surface area contributed by atoms with Crippen LogP contribution in [0.3, 0.4) is 0 Å². The van der Waals surface area contributed by atoms with Crippen molar-refractivity contribution in [2.75, 3.05) is 10.6 Å². The maximum atomic E-state index is 13.8. The Morgan fingerprint density at radius 1 is 0.968 bits per heavy atom. The van der Waals surface area contributed by atoms with E-state index >= 15 is 0 Å². The predicted octanol–water partition coefficient (Wildman–Crippen LogP) is 5.89. The molecule has 2 N–H and O–H groups in total. The Morgan fingerprint density at radius 2 is 1.74 bits per heavy atom. The van der Waals surface area contributed by atoms with E-state index in [1.807, 2.05) is 35.0 Å². The molecule has 31 heavy (non-hydrogen) atoms. The third kappa shape index (κ3) is 4.66. The van der Waals surface area contributed by atoms with Gasteiger partial charge in [0.15, 0.2) is 0 Å². The fraction of sp³-hybridized carbons (Fsp3) is 0.0909. The maximum Gasteiger partial charge on any atom is 0.416 e. The molecule has 0 saturated heterocycles. The second-order valence-corrected chi connectivity index (χ2v) is 6.84. The first-order valence-corrected chi connectivity index (χ1v) is 9.22. The molecule has 2 aromatic heterocycles. The molecule has 4 aromatic rings. The van der Waals surface area contributed by atoms with Crippen molar-refractivity contribution < 1.29 is 22.4 Å². The lowest BCUT2D eigenvalue weighted by Gasteiger charge is -2.12. The highest BCUT2D eigenvalue weighted by Gasteiger charge is 2.31. The van der Waals surface area contributed by atoms with E-state index in [4.69, 9.17) is 0 Å². The standard InChI is InChI=1S/C22H16F4N4O/c23-18-3-1-16(22(24,25)26)12-19(18)29-21(31)28-17-2-4-20-15(11-17)7-10-30(20)13-14-5-8-27-9-6-14/h1-12H,13H2,(H2,28,29,31). The van der Waals surface area contributed by atoms with E-state index in [2.05, 4.69) is 15.6 Å². The number of halogens is 4. The molecule has 2 aromatic carbocycles. The molecule has 0 aliphatic rings. The minimum atomic E-state index is -4.64. The number of hydrogen-bond acceptors (Lipinski definition) is 2. The topological polar surface area (TPSA) is 59.0 Å². The Hall–Kier alpha value is -3.88. The van der Waals surface area contributed by atoms with Crippen LogP contribution < -0.4 is 10.6 Å².